The summed E-state index contributed by atoms with van der Waals surface area (Å²) < 4.78 is 14.3. The Bertz CT molecular complexity index is 733. The molecular formula is C11H8FN3O3. The summed E-state index contributed by atoms with van der Waals surface area (Å²) in [5.74, 6) is -0.990. The molecule has 0 unspecified atom stereocenters. The Labute approximate surface area is 99.7 Å². The summed E-state index contributed by atoms with van der Waals surface area (Å²) in [7, 11) is 0. The molecule has 2 rings (SSSR count). The van der Waals surface area contributed by atoms with Gasteiger partial charge < -0.3 is 0 Å². The molecule has 0 aliphatic rings. The first-order valence-corrected chi connectivity index (χ1v) is 4.98. The number of aromatic nitrogens is 3. The van der Waals surface area contributed by atoms with Crippen molar-refractivity contribution in [1.82, 2.24) is 14.8 Å². The van der Waals surface area contributed by atoms with Crippen LogP contribution in [-0.2, 0) is 0 Å². The number of H-pyrrole nitrogens is 1. The highest BCUT2D eigenvalue weighted by molar-refractivity contribution is 5.94. The lowest BCUT2D eigenvalue weighted by molar-refractivity contribution is 0.101. The molecule has 0 amide bonds. The van der Waals surface area contributed by atoms with Gasteiger partial charge in [-0.05, 0) is 25.1 Å². The van der Waals surface area contributed by atoms with Crippen molar-refractivity contribution in [3.8, 4) is 5.69 Å². The number of nitrogens with one attached hydrogen (secondary N) is 1. The minimum Gasteiger partial charge on any atom is -0.295 e. The third-order valence-electron chi connectivity index (χ3n) is 2.29. The lowest BCUT2D eigenvalue weighted by atomic mass is 10.1. The first-order valence-electron chi connectivity index (χ1n) is 4.98. The van der Waals surface area contributed by atoms with Gasteiger partial charge in [-0.3, -0.25) is 14.6 Å². The van der Waals surface area contributed by atoms with E-state index in [4.69, 9.17) is 0 Å². The quantitative estimate of drug-likeness (QED) is 0.774. The second-order valence-corrected chi connectivity index (χ2v) is 3.57. The maximum absolute atomic E-state index is 13.6. The summed E-state index contributed by atoms with van der Waals surface area (Å²) >= 11 is 0. The monoisotopic (exact) mass is 249 g/mol. The second-order valence-electron chi connectivity index (χ2n) is 3.57. The predicted molar refractivity (Wildman–Crippen MR) is 60.4 cm³/mol. The van der Waals surface area contributed by atoms with Crippen LogP contribution in [0.15, 0.2) is 34.0 Å². The minimum absolute atomic E-state index is 0.191. The first kappa shape index (κ1) is 11.9. The number of hydrogen-bond acceptors (Lipinski definition) is 4. The smallest absolute Gasteiger partial charge is 0.295 e. The lowest BCUT2D eigenvalue weighted by Crippen LogP contribution is -2.30. The van der Waals surface area contributed by atoms with Crippen molar-refractivity contribution in [2.75, 3.05) is 0 Å². The zero-order chi connectivity index (χ0) is 13.3. The van der Waals surface area contributed by atoms with Gasteiger partial charge in [0, 0.05) is 5.56 Å². The number of rotatable bonds is 2. The summed E-state index contributed by atoms with van der Waals surface area (Å²) in [5, 5.41) is 3.52. The lowest BCUT2D eigenvalue weighted by Gasteiger charge is -2.05. The zero-order valence-electron chi connectivity index (χ0n) is 9.31. The molecule has 6 nitrogen and oxygen atoms in total. The molecular weight excluding hydrogens is 241 g/mol. The molecule has 0 saturated heterocycles. The second kappa shape index (κ2) is 4.36. The van der Waals surface area contributed by atoms with E-state index in [0.29, 0.717) is 4.68 Å². The van der Waals surface area contributed by atoms with Crippen molar-refractivity contribution >= 4 is 5.78 Å². The van der Waals surface area contributed by atoms with E-state index in [1.54, 1.807) is 0 Å². The number of hydrogen-bond donors (Lipinski definition) is 1. The van der Waals surface area contributed by atoms with Crippen LogP contribution in [0.2, 0.25) is 0 Å². The van der Waals surface area contributed by atoms with Gasteiger partial charge in [0.25, 0.3) is 5.56 Å². The van der Waals surface area contributed by atoms with Gasteiger partial charge in [-0.15, -0.1) is 0 Å². The topological polar surface area (TPSA) is 84.8 Å². The molecule has 0 aliphatic carbocycles. The van der Waals surface area contributed by atoms with E-state index in [0.717, 1.165) is 12.3 Å². The van der Waals surface area contributed by atoms with Crippen molar-refractivity contribution in [3.05, 3.63) is 56.6 Å². The molecule has 7 heteroatoms. The van der Waals surface area contributed by atoms with Gasteiger partial charge in [-0.25, -0.2) is 9.18 Å². The highest BCUT2D eigenvalue weighted by atomic mass is 19.1. The van der Waals surface area contributed by atoms with Crippen LogP contribution in [0.3, 0.4) is 0 Å². The van der Waals surface area contributed by atoms with E-state index >= 15 is 0 Å². The van der Waals surface area contributed by atoms with E-state index in [1.165, 1.54) is 19.1 Å². The van der Waals surface area contributed by atoms with E-state index in [1.807, 2.05) is 4.98 Å². The number of halogens is 1. The number of ketones is 1. The van der Waals surface area contributed by atoms with Gasteiger partial charge in [0.1, 0.15) is 17.7 Å². The Morgan fingerprint density at radius 2 is 2.11 bits per heavy atom. The molecule has 1 aromatic heterocycles. The average Bonchev–Trinajstić information content (AvgIpc) is 2.30. The molecule has 1 heterocycles. The maximum Gasteiger partial charge on any atom is 0.349 e. The first-order chi connectivity index (χ1) is 8.49. The highest BCUT2D eigenvalue weighted by Gasteiger charge is 2.10. The van der Waals surface area contributed by atoms with Crippen molar-refractivity contribution in [3.63, 3.8) is 0 Å². The van der Waals surface area contributed by atoms with Gasteiger partial charge in [0.15, 0.2) is 5.78 Å². The summed E-state index contributed by atoms with van der Waals surface area (Å²) in [5.41, 5.74) is -1.50. The summed E-state index contributed by atoms with van der Waals surface area (Å²) in [4.78, 5) is 35.5. The number of aromatic amines is 1. The van der Waals surface area contributed by atoms with Crippen LogP contribution in [0, 0.1) is 5.82 Å². The molecule has 18 heavy (non-hydrogen) atoms. The average molecular weight is 249 g/mol. The molecule has 0 fully saturated rings. The van der Waals surface area contributed by atoms with Gasteiger partial charge >= 0.3 is 5.69 Å². The zero-order valence-corrected chi connectivity index (χ0v) is 9.31. The van der Waals surface area contributed by atoms with Crippen LogP contribution in [0.5, 0.6) is 0 Å². The highest BCUT2D eigenvalue weighted by Crippen LogP contribution is 2.13. The maximum atomic E-state index is 13.6. The fourth-order valence-electron chi connectivity index (χ4n) is 1.42. The molecule has 0 radical (unpaired) electrons. The van der Waals surface area contributed by atoms with Crippen LogP contribution in [0.4, 0.5) is 4.39 Å². The van der Waals surface area contributed by atoms with Crippen LogP contribution in [0.1, 0.15) is 17.3 Å². The molecule has 2 aromatic rings. The summed E-state index contributed by atoms with van der Waals surface area (Å²) in [6.07, 6.45) is 0.848. The third-order valence-corrected chi connectivity index (χ3v) is 2.29. The van der Waals surface area contributed by atoms with Crippen molar-refractivity contribution < 1.29 is 9.18 Å². The van der Waals surface area contributed by atoms with E-state index < -0.39 is 17.1 Å². The Balaban J connectivity index is 2.70. The number of carbonyl (C=O) groups excluding carboxylic acids is 1. The van der Waals surface area contributed by atoms with Gasteiger partial charge in [0.05, 0.1) is 0 Å². The fourth-order valence-corrected chi connectivity index (χ4v) is 1.42. The third kappa shape index (κ3) is 2.10. The molecule has 1 N–H and O–H groups in total. The van der Waals surface area contributed by atoms with Crippen molar-refractivity contribution in [2.45, 2.75) is 6.92 Å². The van der Waals surface area contributed by atoms with E-state index in [-0.39, 0.29) is 17.0 Å². The van der Waals surface area contributed by atoms with Gasteiger partial charge in [-0.2, -0.15) is 9.78 Å². The predicted octanol–water partition coefficient (Wildman–Crippen LogP) is 0.263. The Hall–Kier alpha value is -2.57. The molecule has 0 atom stereocenters. The Morgan fingerprint density at radius 3 is 2.72 bits per heavy atom. The van der Waals surface area contributed by atoms with Crippen LogP contribution in [0.25, 0.3) is 5.69 Å². The Kier molecular flexibility index (Phi) is 2.88. The van der Waals surface area contributed by atoms with Crippen molar-refractivity contribution in [2.24, 2.45) is 0 Å². The molecule has 0 bridgehead atoms. The van der Waals surface area contributed by atoms with Crippen LogP contribution >= 0.6 is 0 Å². The normalized spacial score (nSPS) is 10.3. The molecule has 0 saturated carbocycles. The minimum atomic E-state index is -0.873. The summed E-state index contributed by atoms with van der Waals surface area (Å²) in [6, 6.07) is 3.56. The molecule has 0 aliphatic heterocycles. The van der Waals surface area contributed by atoms with Crippen molar-refractivity contribution in [1.29, 1.82) is 0 Å². The van der Waals surface area contributed by atoms with Gasteiger partial charge in [0.2, 0.25) is 0 Å². The van der Waals surface area contributed by atoms with Crippen LogP contribution in [-0.4, -0.2) is 20.5 Å². The number of nitrogens with zero attached hydrogens (tertiary/aromatic N) is 2. The molecule has 0 spiro atoms. The molecule has 1 aromatic carbocycles. The number of carbonyl (C=O) groups is 1. The van der Waals surface area contributed by atoms with Gasteiger partial charge in [-0.1, -0.05) is 0 Å². The number of benzene rings is 1. The van der Waals surface area contributed by atoms with E-state index in [2.05, 4.69) is 5.10 Å². The van der Waals surface area contributed by atoms with Crippen LogP contribution < -0.4 is 11.2 Å². The Morgan fingerprint density at radius 1 is 1.39 bits per heavy atom. The largest absolute Gasteiger partial charge is 0.349 e. The SMILES string of the molecule is CC(=O)c1ccc(F)c(-n2ncc(=O)[nH]c2=O)c1. The number of Topliss-reactive ketones (excluding diaryl/α,β-unsaturated/α-hetero) is 1. The standard InChI is InChI=1S/C11H8FN3O3/c1-6(16)7-2-3-8(12)9(4-7)15-11(18)14-10(17)5-13-15/h2-5H,1H3,(H,14,17,18). The fraction of sp³-hybridized carbons (Fsp3) is 0.0909. The summed E-state index contributed by atoms with van der Waals surface area (Å²) in [6.45, 7) is 1.32. The molecule has 92 valence electrons. The van der Waals surface area contributed by atoms with E-state index in [9.17, 15) is 18.8 Å².